The van der Waals surface area contributed by atoms with Crippen LogP contribution in [0.15, 0.2) is 42.7 Å². The molecule has 1 aliphatic heterocycles. The van der Waals surface area contributed by atoms with Crippen molar-refractivity contribution in [3.05, 3.63) is 59.1 Å². The number of nitrogens with zero attached hydrogens (tertiary/aromatic N) is 1. The third kappa shape index (κ3) is 3.78. The first kappa shape index (κ1) is 15.7. The molecule has 0 bridgehead atoms. The van der Waals surface area contributed by atoms with Gasteiger partial charge in [0.1, 0.15) is 6.10 Å². The van der Waals surface area contributed by atoms with Crippen LogP contribution in [0.2, 0.25) is 5.02 Å². The van der Waals surface area contributed by atoms with Crippen molar-refractivity contribution in [1.29, 1.82) is 0 Å². The van der Waals surface area contributed by atoms with Crippen molar-refractivity contribution in [2.45, 2.75) is 18.6 Å². The van der Waals surface area contributed by atoms with E-state index in [4.69, 9.17) is 16.3 Å². The number of halogens is 2. The molecule has 1 fully saturated rings. The van der Waals surface area contributed by atoms with Crippen molar-refractivity contribution in [3.63, 3.8) is 0 Å². The Morgan fingerprint density at radius 1 is 1.30 bits per heavy atom. The van der Waals surface area contributed by atoms with Crippen molar-refractivity contribution in [2.75, 3.05) is 11.9 Å². The molecule has 0 unspecified atom stereocenters. The van der Waals surface area contributed by atoms with Crippen LogP contribution in [0.4, 0.5) is 14.9 Å². The maximum atomic E-state index is 13.5. The van der Waals surface area contributed by atoms with Crippen molar-refractivity contribution < 1.29 is 13.9 Å². The number of hydrogen-bond acceptors (Lipinski definition) is 3. The number of benzene rings is 1. The number of urea groups is 1. The minimum Gasteiger partial charge on any atom is -0.371 e. The first-order valence-electron chi connectivity index (χ1n) is 7.17. The highest BCUT2D eigenvalue weighted by atomic mass is 35.5. The van der Waals surface area contributed by atoms with Gasteiger partial charge in [0, 0.05) is 17.8 Å². The van der Waals surface area contributed by atoms with E-state index in [0.717, 1.165) is 11.8 Å². The van der Waals surface area contributed by atoms with Gasteiger partial charge < -0.3 is 15.4 Å². The molecule has 0 saturated carbocycles. The summed E-state index contributed by atoms with van der Waals surface area (Å²) in [6.07, 6.45) is 2.89. The third-order valence-electron chi connectivity index (χ3n) is 3.63. The van der Waals surface area contributed by atoms with Gasteiger partial charge in [0.15, 0.2) is 5.82 Å². The number of rotatable bonds is 3. The highest BCUT2D eigenvalue weighted by Gasteiger charge is 2.31. The lowest BCUT2D eigenvalue weighted by Gasteiger charge is -2.20. The summed E-state index contributed by atoms with van der Waals surface area (Å²) in [5.74, 6) is -0.584. The summed E-state index contributed by atoms with van der Waals surface area (Å²) in [7, 11) is 0. The molecule has 2 atom stereocenters. The second-order valence-corrected chi connectivity index (χ2v) is 5.63. The first-order valence-corrected chi connectivity index (χ1v) is 7.55. The second-order valence-electron chi connectivity index (χ2n) is 5.19. The molecule has 1 aromatic carbocycles. The molecule has 5 nitrogen and oxygen atoms in total. The van der Waals surface area contributed by atoms with Crippen LogP contribution in [0.3, 0.4) is 0 Å². The van der Waals surface area contributed by atoms with E-state index in [0.29, 0.717) is 18.1 Å². The smallest absolute Gasteiger partial charge is 0.319 e. The molecule has 0 spiro atoms. The van der Waals surface area contributed by atoms with E-state index < -0.39 is 11.8 Å². The SMILES string of the molecule is O=C(Nc1ccncc1F)N[C@@H]1CCO[C@@H]1c1ccc(Cl)cc1. The third-order valence-corrected chi connectivity index (χ3v) is 3.88. The number of nitrogens with one attached hydrogen (secondary N) is 2. The minimum absolute atomic E-state index is 0.0828. The standard InChI is InChI=1S/C16H15ClFN3O2/c17-11-3-1-10(2-4-11)15-14(6-8-23-15)21-16(22)20-13-5-7-19-9-12(13)18/h1-5,7,9,14-15H,6,8H2,(H2,19,20,21,22)/t14-,15-/m1/s1. The molecule has 1 saturated heterocycles. The van der Waals surface area contributed by atoms with Crippen LogP contribution in [0.25, 0.3) is 0 Å². The molecule has 2 aromatic rings. The van der Waals surface area contributed by atoms with E-state index in [9.17, 15) is 9.18 Å². The predicted octanol–water partition coefficient (Wildman–Crippen LogP) is 3.53. The van der Waals surface area contributed by atoms with Crippen LogP contribution < -0.4 is 10.6 Å². The van der Waals surface area contributed by atoms with Gasteiger partial charge in [-0.15, -0.1) is 0 Å². The Morgan fingerprint density at radius 2 is 2.09 bits per heavy atom. The summed E-state index contributed by atoms with van der Waals surface area (Å²) in [4.78, 5) is 15.7. The molecular weight excluding hydrogens is 321 g/mol. The summed E-state index contributed by atoms with van der Waals surface area (Å²) in [5, 5.41) is 5.94. The van der Waals surface area contributed by atoms with Gasteiger partial charge in [0.05, 0.1) is 17.9 Å². The first-order chi connectivity index (χ1) is 11.1. The van der Waals surface area contributed by atoms with Gasteiger partial charge in [-0.05, 0) is 30.2 Å². The quantitative estimate of drug-likeness (QED) is 0.902. The average Bonchev–Trinajstić information content (AvgIpc) is 2.98. The van der Waals surface area contributed by atoms with Gasteiger partial charge in [-0.1, -0.05) is 23.7 Å². The van der Waals surface area contributed by atoms with Crippen molar-refractivity contribution in [3.8, 4) is 0 Å². The number of pyridine rings is 1. The zero-order valence-corrected chi connectivity index (χ0v) is 12.9. The van der Waals surface area contributed by atoms with E-state index >= 15 is 0 Å². The van der Waals surface area contributed by atoms with Crippen molar-refractivity contribution >= 4 is 23.3 Å². The number of ether oxygens (including phenoxy) is 1. The highest BCUT2D eigenvalue weighted by molar-refractivity contribution is 6.30. The topological polar surface area (TPSA) is 63.2 Å². The summed E-state index contributed by atoms with van der Waals surface area (Å²) < 4.78 is 19.2. The lowest BCUT2D eigenvalue weighted by molar-refractivity contribution is 0.100. The lowest BCUT2D eigenvalue weighted by Crippen LogP contribution is -2.39. The zero-order chi connectivity index (χ0) is 16.2. The number of hydrogen-bond donors (Lipinski definition) is 2. The van der Waals surface area contributed by atoms with Crippen LogP contribution in [-0.4, -0.2) is 23.7 Å². The maximum absolute atomic E-state index is 13.5. The van der Waals surface area contributed by atoms with Crippen LogP contribution >= 0.6 is 11.6 Å². The fourth-order valence-corrected chi connectivity index (χ4v) is 2.65. The van der Waals surface area contributed by atoms with Gasteiger partial charge in [0.2, 0.25) is 0 Å². The highest BCUT2D eigenvalue weighted by Crippen LogP contribution is 2.30. The molecule has 1 aromatic heterocycles. The van der Waals surface area contributed by atoms with E-state index in [-0.39, 0.29) is 17.8 Å². The largest absolute Gasteiger partial charge is 0.371 e. The fraction of sp³-hybridized carbons (Fsp3) is 0.250. The normalized spacial score (nSPS) is 20.3. The monoisotopic (exact) mass is 335 g/mol. The number of carbonyl (C=O) groups excluding carboxylic acids is 1. The molecule has 2 heterocycles. The van der Waals surface area contributed by atoms with Crippen molar-refractivity contribution in [1.82, 2.24) is 10.3 Å². The number of aromatic nitrogens is 1. The number of anilines is 1. The second kappa shape index (κ2) is 6.93. The molecule has 0 radical (unpaired) electrons. The Kier molecular flexibility index (Phi) is 4.73. The Morgan fingerprint density at radius 3 is 2.83 bits per heavy atom. The van der Waals surface area contributed by atoms with Crippen LogP contribution in [-0.2, 0) is 4.74 Å². The number of carbonyl (C=O) groups is 1. The molecule has 23 heavy (non-hydrogen) atoms. The van der Waals surface area contributed by atoms with Gasteiger partial charge in [0.25, 0.3) is 0 Å². The van der Waals surface area contributed by atoms with E-state index in [2.05, 4.69) is 15.6 Å². The number of amides is 2. The van der Waals surface area contributed by atoms with E-state index in [1.165, 1.54) is 12.3 Å². The fourth-order valence-electron chi connectivity index (χ4n) is 2.52. The van der Waals surface area contributed by atoms with Crippen LogP contribution in [0.5, 0.6) is 0 Å². The van der Waals surface area contributed by atoms with Gasteiger partial charge >= 0.3 is 6.03 Å². The maximum Gasteiger partial charge on any atom is 0.319 e. The lowest BCUT2D eigenvalue weighted by atomic mass is 10.0. The Labute approximate surface area is 137 Å². The van der Waals surface area contributed by atoms with Crippen molar-refractivity contribution in [2.24, 2.45) is 0 Å². The minimum atomic E-state index is -0.584. The predicted molar refractivity (Wildman–Crippen MR) is 84.9 cm³/mol. The molecular formula is C16H15ClFN3O2. The summed E-state index contributed by atoms with van der Waals surface area (Å²) in [6.45, 7) is 0.544. The summed E-state index contributed by atoms with van der Waals surface area (Å²) in [6, 6.07) is 8.02. The summed E-state index contributed by atoms with van der Waals surface area (Å²) in [5.41, 5.74) is 1.02. The van der Waals surface area contributed by atoms with E-state index in [1.54, 1.807) is 12.1 Å². The Bertz CT molecular complexity index is 696. The average molecular weight is 336 g/mol. The van der Waals surface area contributed by atoms with Crippen LogP contribution in [0.1, 0.15) is 18.1 Å². The Balaban J connectivity index is 1.65. The summed E-state index contributed by atoms with van der Waals surface area (Å²) >= 11 is 5.88. The van der Waals surface area contributed by atoms with Gasteiger partial charge in [-0.25, -0.2) is 9.18 Å². The molecule has 0 aliphatic carbocycles. The molecule has 3 rings (SSSR count). The van der Waals surface area contributed by atoms with Gasteiger partial charge in [-0.2, -0.15) is 0 Å². The van der Waals surface area contributed by atoms with Gasteiger partial charge in [-0.3, -0.25) is 4.98 Å². The van der Waals surface area contributed by atoms with E-state index in [1.807, 2.05) is 12.1 Å². The molecule has 1 aliphatic rings. The molecule has 120 valence electrons. The molecule has 7 heteroatoms. The molecule has 2 N–H and O–H groups in total. The van der Waals surface area contributed by atoms with Crippen LogP contribution in [0, 0.1) is 5.82 Å². The Hall–Kier alpha value is -2.18. The molecule has 2 amide bonds. The zero-order valence-electron chi connectivity index (χ0n) is 12.1.